The molecule has 0 heterocycles. The average molecular weight is 265 g/mol. The molecule has 0 atom stereocenters. The zero-order chi connectivity index (χ0) is 12.2. The van der Waals surface area contributed by atoms with E-state index in [9.17, 15) is 8.42 Å². The zero-order valence-corrected chi connectivity index (χ0v) is 10.6. The molecule has 0 amide bonds. The number of sulfone groups is 1. The molecule has 6 heteroatoms. The topological polar surface area (TPSA) is 52.6 Å². The van der Waals surface area contributed by atoms with Crippen LogP contribution in [-0.2, 0) is 19.3 Å². The third-order valence-corrected chi connectivity index (χ3v) is 4.01. The first-order valence-corrected chi connectivity index (χ1v) is 6.56. The van der Waals surface area contributed by atoms with Gasteiger partial charge in [0.25, 0.3) is 0 Å². The maximum Gasteiger partial charge on any atom is 0.183 e. The minimum atomic E-state index is -3.41. The van der Waals surface area contributed by atoms with Gasteiger partial charge in [-0.2, -0.15) is 0 Å². The van der Waals surface area contributed by atoms with Gasteiger partial charge in [-0.25, -0.2) is 8.42 Å². The smallest absolute Gasteiger partial charge is 0.183 e. The highest BCUT2D eigenvalue weighted by molar-refractivity contribution is 7.91. The second kappa shape index (κ2) is 5.63. The molecule has 1 aromatic carbocycles. The summed E-state index contributed by atoms with van der Waals surface area (Å²) in [4.78, 5) is 0.205. The summed E-state index contributed by atoms with van der Waals surface area (Å²) in [6.45, 7) is 0. The monoisotopic (exact) mass is 264 g/mol. The van der Waals surface area contributed by atoms with Crippen molar-refractivity contribution >= 4 is 21.4 Å². The van der Waals surface area contributed by atoms with E-state index in [1.165, 1.54) is 38.5 Å². The van der Waals surface area contributed by atoms with Crippen molar-refractivity contribution in [2.24, 2.45) is 0 Å². The fourth-order valence-electron chi connectivity index (χ4n) is 1.15. The quantitative estimate of drug-likeness (QED) is 0.760. The van der Waals surface area contributed by atoms with E-state index in [1.54, 1.807) is 0 Å². The van der Waals surface area contributed by atoms with Gasteiger partial charge in [-0.3, -0.25) is 0 Å². The number of ether oxygens (including phenoxy) is 2. The summed E-state index contributed by atoms with van der Waals surface area (Å²) in [5.41, 5.74) is 0. The van der Waals surface area contributed by atoms with Gasteiger partial charge in [0.05, 0.1) is 4.90 Å². The molecule has 0 saturated heterocycles. The van der Waals surface area contributed by atoms with Crippen molar-refractivity contribution in [2.45, 2.75) is 11.2 Å². The molecule has 0 radical (unpaired) electrons. The van der Waals surface area contributed by atoms with E-state index in [0.717, 1.165) is 0 Å². The van der Waals surface area contributed by atoms with E-state index in [0.29, 0.717) is 5.02 Å². The second-order valence-electron chi connectivity index (χ2n) is 3.14. The Bertz CT molecular complexity index is 423. The first kappa shape index (κ1) is 13.4. The van der Waals surface area contributed by atoms with Crippen LogP contribution in [-0.4, -0.2) is 34.7 Å². The van der Waals surface area contributed by atoms with Crippen molar-refractivity contribution in [1.29, 1.82) is 0 Å². The summed E-state index contributed by atoms with van der Waals surface area (Å²) in [6, 6.07) is 5.98. The van der Waals surface area contributed by atoms with Crippen molar-refractivity contribution in [3.8, 4) is 0 Å². The molecule has 4 nitrogen and oxygen atoms in total. The van der Waals surface area contributed by atoms with Gasteiger partial charge < -0.3 is 9.47 Å². The third-order valence-electron chi connectivity index (χ3n) is 2.05. The van der Waals surface area contributed by atoms with Crippen molar-refractivity contribution in [3.63, 3.8) is 0 Å². The summed E-state index contributed by atoms with van der Waals surface area (Å²) in [6.07, 6.45) is -0.763. The van der Waals surface area contributed by atoms with Crippen molar-refractivity contribution < 1.29 is 17.9 Å². The van der Waals surface area contributed by atoms with Gasteiger partial charge in [0, 0.05) is 19.2 Å². The summed E-state index contributed by atoms with van der Waals surface area (Å²) in [5.74, 6) is -0.221. The van der Waals surface area contributed by atoms with E-state index in [1.807, 2.05) is 0 Å². The molecule has 0 aliphatic rings. The molecule has 0 spiro atoms. The van der Waals surface area contributed by atoms with Crippen LogP contribution >= 0.6 is 11.6 Å². The van der Waals surface area contributed by atoms with E-state index in [-0.39, 0.29) is 10.6 Å². The van der Waals surface area contributed by atoms with Crippen LogP contribution in [0.25, 0.3) is 0 Å². The third kappa shape index (κ3) is 3.45. The largest absolute Gasteiger partial charge is 0.355 e. The molecular formula is C10H13ClO4S. The predicted octanol–water partition coefficient (Wildman–Crippen LogP) is 1.73. The van der Waals surface area contributed by atoms with Crippen molar-refractivity contribution in [3.05, 3.63) is 29.3 Å². The lowest BCUT2D eigenvalue weighted by Crippen LogP contribution is -2.24. The highest BCUT2D eigenvalue weighted by atomic mass is 35.5. The number of hydrogen-bond acceptors (Lipinski definition) is 4. The molecule has 0 saturated carbocycles. The first-order chi connectivity index (χ1) is 7.49. The van der Waals surface area contributed by atoms with Crippen molar-refractivity contribution in [2.75, 3.05) is 20.0 Å². The second-order valence-corrected chi connectivity index (χ2v) is 5.61. The Hall–Kier alpha value is -0.620. The van der Waals surface area contributed by atoms with Crippen LogP contribution in [0.2, 0.25) is 5.02 Å². The summed E-state index contributed by atoms with van der Waals surface area (Å²) in [5, 5.41) is 0.494. The fraction of sp³-hybridized carbons (Fsp3) is 0.400. The molecule has 0 aliphatic carbocycles. The molecule has 1 aromatic rings. The Morgan fingerprint density at radius 3 is 2.12 bits per heavy atom. The molecule has 0 aromatic heterocycles. The Kier molecular flexibility index (Phi) is 4.73. The Balaban J connectivity index is 2.89. The van der Waals surface area contributed by atoms with Gasteiger partial charge >= 0.3 is 0 Å². The highest BCUT2D eigenvalue weighted by Gasteiger charge is 2.20. The van der Waals surface area contributed by atoms with Gasteiger partial charge in [0.2, 0.25) is 0 Å². The lowest BCUT2D eigenvalue weighted by molar-refractivity contribution is -0.0851. The molecule has 0 fully saturated rings. The highest BCUT2D eigenvalue weighted by Crippen LogP contribution is 2.16. The molecule has 0 N–H and O–H groups in total. The van der Waals surface area contributed by atoms with Crippen LogP contribution in [0, 0.1) is 0 Å². The Labute approximate surface area is 100 Å². The number of rotatable bonds is 5. The van der Waals surface area contributed by atoms with E-state index < -0.39 is 16.1 Å². The predicted molar refractivity (Wildman–Crippen MR) is 61.3 cm³/mol. The van der Waals surface area contributed by atoms with Crippen LogP contribution < -0.4 is 0 Å². The van der Waals surface area contributed by atoms with Crippen LogP contribution in [0.5, 0.6) is 0 Å². The number of hydrogen-bond donors (Lipinski definition) is 0. The molecule has 0 aliphatic heterocycles. The van der Waals surface area contributed by atoms with Crippen molar-refractivity contribution in [1.82, 2.24) is 0 Å². The van der Waals surface area contributed by atoms with E-state index >= 15 is 0 Å². The number of halogens is 1. The van der Waals surface area contributed by atoms with Gasteiger partial charge in [0.15, 0.2) is 16.1 Å². The Morgan fingerprint density at radius 1 is 1.19 bits per heavy atom. The SMILES string of the molecule is COC(CS(=O)(=O)c1ccc(Cl)cc1)OC. The van der Waals surface area contributed by atoms with Gasteiger partial charge in [-0.1, -0.05) is 11.6 Å². The molecule has 0 unspecified atom stereocenters. The van der Waals surface area contributed by atoms with Gasteiger partial charge in [-0.05, 0) is 24.3 Å². The minimum Gasteiger partial charge on any atom is -0.355 e. The molecule has 1 rings (SSSR count). The summed E-state index contributed by atoms with van der Waals surface area (Å²) >= 11 is 5.68. The zero-order valence-electron chi connectivity index (χ0n) is 9.01. The van der Waals surface area contributed by atoms with Crippen LogP contribution in [0.4, 0.5) is 0 Å². The maximum absolute atomic E-state index is 11.9. The average Bonchev–Trinajstić information content (AvgIpc) is 2.26. The first-order valence-electron chi connectivity index (χ1n) is 4.53. The lowest BCUT2D eigenvalue weighted by atomic mass is 10.4. The van der Waals surface area contributed by atoms with Crippen LogP contribution in [0.15, 0.2) is 29.2 Å². The Morgan fingerprint density at radius 2 is 1.69 bits per heavy atom. The summed E-state index contributed by atoms with van der Waals surface area (Å²) in [7, 11) is -0.620. The molecule has 16 heavy (non-hydrogen) atoms. The lowest BCUT2D eigenvalue weighted by Gasteiger charge is -2.13. The minimum absolute atomic E-state index is 0.205. The van der Waals surface area contributed by atoms with Crippen LogP contribution in [0.1, 0.15) is 0 Å². The molecule has 0 bridgehead atoms. The van der Waals surface area contributed by atoms with Crippen LogP contribution in [0.3, 0.4) is 0 Å². The number of benzene rings is 1. The molecular weight excluding hydrogens is 252 g/mol. The van der Waals surface area contributed by atoms with Gasteiger partial charge in [0.1, 0.15) is 5.75 Å². The maximum atomic E-state index is 11.9. The van der Waals surface area contributed by atoms with Gasteiger partial charge in [-0.15, -0.1) is 0 Å². The standard InChI is InChI=1S/C10H13ClO4S/c1-14-10(15-2)7-16(12,13)9-5-3-8(11)4-6-9/h3-6,10H,7H2,1-2H3. The normalized spacial score (nSPS) is 12.0. The molecule has 90 valence electrons. The van der Waals surface area contributed by atoms with E-state index in [4.69, 9.17) is 21.1 Å². The number of methoxy groups -OCH3 is 2. The van der Waals surface area contributed by atoms with E-state index in [2.05, 4.69) is 0 Å². The summed E-state index contributed by atoms with van der Waals surface area (Å²) < 4.78 is 33.4. The fourth-order valence-corrected chi connectivity index (χ4v) is 2.65.